The van der Waals surface area contributed by atoms with E-state index >= 15 is 0 Å². The second-order valence-electron chi connectivity index (χ2n) is 3.78. The van der Waals surface area contributed by atoms with Crippen LogP contribution in [0.5, 0.6) is 0 Å². The maximum atomic E-state index is 11.7. The molecular weight excluding hydrogens is 300 g/mol. The molecule has 0 spiro atoms. The minimum atomic E-state index is -3.21. The van der Waals surface area contributed by atoms with Gasteiger partial charge in [0.25, 0.3) is 0 Å². The lowest BCUT2D eigenvalue weighted by Crippen LogP contribution is -1.99. The highest BCUT2D eigenvalue weighted by atomic mass is 79.9. The molecule has 17 heavy (non-hydrogen) atoms. The lowest BCUT2D eigenvalue weighted by molar-refractivity contribution is 0.602. The second-order valence-corrected chi connectivity index (χ2v) is 6.68. The Morgan fingerprint density at radius 3 is 2.35 bits per heavy atom. The second kappa shape index (κ2) is 4.63. The highest BCUT2D eigenvalue weighted by Gasteiger charge is 2.13. The summed E-state index contributed by atoms with van der Waals surface area (Å²) in [5.41, 5.74) is 1.62. The summed E-state index contributed by atoms with van der Waals surface area (Å²) in [6.07, 6.45) is 1.23. The Hall–Kier alpha value is -1.13. The molecule has 0 amide bonds. The molecule has 0 unspecified atom stereocenters. The largest absolute Gasteiger partial charge is 0.224 e. The van der Waals surface area contributed by atoms with Gasteiger partial charge in [0.1, 0.15) is 0 Å². The van der Waals surface area contributed by atoms with Crippen LogP contribution in [0.2, 0.25) is 0 Å². The Kier molecular flexibility index (Phi) is 3.35. The SMILES string of the molecule is CS(=O)(=O)c1ccccc1-c1cccc(Br)c1. The van der Waals surface area contributed by atoms with Crippen LogP contribution < -0.4 is 0 Å². The van der Waals surface area contributed by atoms with Crippen molar-refractivity contribution in [1.82, 2.24) is 0 Å². The van der Waals surface area contributed by atoms with E-state index in [9.17, 15) is 8.42 Å². The highest BCUT2D eigenvalue weighted by Crippen LogP contribution is 2.28. The van der Waals surface area contributed by atoms with Gasteiger partial charge in [-0.1, -0.05) is 46.3 Å². The number of sulfone groups is 1. The fourth-order valence-corrected chi connectivity index (χ4v) is 2.99. The van der Waals surface area contributed by atoms with Crippen molar-refractivity contribution in [3.8, 4) is 11.1 Å². The van der Waals surface area contributed by atoms with Crippen molar-refractivity contribution in [2.75, 3.05) is 6.26 Å². The molecule has 2 rings (SSSR count). The van der Waals surface area contributed by atoms with Crippen LogP contribution >= 0.6 is 15.9 Å². The number of hydrogen-bond donors (Lipinski definition) is 0. The maximum Gasteiger partial charge on any atom is 0.176 e. The smallest absolute Gasteiger partial charge is 0.176 e. The van der Waals surface area contributed by atoms with Crippen LogP contribution in [-0.2, 0) is 9.84 Å². The van der Waals surface area contributed by atoms with Crippen LogP contribution in [0.25, 0.3) is 11.1 Å². The van der Waals surface area contributed by atoms with Gasteiger partial charge in [-0.25, -0.2) is 8.42 Å². The first-order valence-electron chi connectivity index (χ1n) is 5.03. The van der Waals surface area contributed by atoms with E-state index in [-0.39, 0.29) is 0 Å². The molecule has 0 N–H and O–H groups in total. The quantitative estimate of drug-likeness (QED) is 0.850. The van der Waals surface area contributed by atoms with Crippen molar-refractivity contribution < 1.29 is 8.42 Å². The molecule has 2 aromatic carbocycles. The van der Waals surface area contributed by atoms with Crippen molar-refractivity contribution in [2.24, 2.45) is 0 Å². The Labute approximate surface area is 109 Å². The lowest BCUT2D eigenvalue weighted by Gasteiger charge is -2.08. The summed E-state index contributed by atoms with van der Waals surface area (Å²) in [5, 5.41) is 0. The Bertz CT molecular complexity index is 648. The summed E-state index contributed by atoms with van der Waals surface area (Å²) in [6, 6.07) is 14.6. The first-order chi connectivity index (χ1) is 7.98. The van der Waals surface area contributed by atoms with Crippen molar-refractivity contribution in [3.63, 3.8) is 0 Å². The minimum Gasteiger partial charge on any atom is -0.224 e. The Balaban J connectivity index is 2.69. The zero-order chi connectivity index (χ0) is 12.5. The van der Waals surface area contributed by atoms with E-state index < -0.39 is 9.84 Å². The molecule has 0 bridgehead atoms. The zero-order valence-corrected chi connectivity index (χ0v) is 11.6. The predicted octanol–water partition coefficient (Wildman–Crippen LogP) is 3.52. The summed E-state index contributed by atoms with van der Waals surface area (Å²) in [4.78, 5) is 0.359. The predicted molar refractivity (Wildman–Crippen MR) is 72.7 cm³/mol. The topological polar surface area (TPSA) is 34.1 Å². The summed E-state index contributed by atoms with van der Waals surface area (Å²) >= 11 is 3.38. The van der Waals surface area contributed by atoms with Gasteiger partial charge in [-0.05, 0) is 23.8 Å². The molecule has 0 fully saturated rings. The van der Waals surface area contributed by atoms with Gasteiger partial charge < -0.3 is 0 Å². The van der Waals surface area contributed by atoms with Crippen molar-refractivity contribution in [3.05, 3.63) is 53.0 Å². The van der Waals surface area contributed by atoms with Crippen LogP contribution in [0.1, 0.15) is 0 Å². The highest BCUT2D eigenvalue weighted by molar-refractivity contribution is 9.10. The van der Waals surface area contributed by atoms with Crippen LogP contribution in [0, 0.1) is 0 Å². The number of hydrogen-bond acceptors (Lipinski definition) is 2. The van der Waals surface area contributed by atoms with E-state index in [1.54, 1.807) is 12.1 Å². The number of benzene rings is 2. The zero-order valence-electron chi connectivity index (χ0n) is 9.22. The average molecular weight is 311 g/mol. The summed E-state index contributed by atoms with van der Waals surface area (Å²) in [5.74, 6) is 0. The van der Waals surface area contributed by atoms with E-state index in [0.29, 0.717) is 4.90 Å². The van der Waals surface area contributed by atoms with Gasteiger partial charge in [0.2, 0.25) is 0 Å². The van der Waals surface area contributed by atoms with E-state index in [0.717, 1.165) is 15.6 Å². The fourth-order valence-electron chi connectivity index (χ4n) is 1.68. The average Bonchev–Trinajstić information content (AvgIpc) is 2.28. The van der Waals surface area contributed by atoms with E-state index in [1.165, 1.54) is 6.26 Å². The Morgan fingerprint density at radius 2 is 1.71 bits per heavy atom. The van der Waals surface area contributed by atoms with E-state index in [2.05, 4.69) is 15.9 Å². The van der Waals surface area contributed by atoms with Crippen molar-refractivity contribution in [2.45, 2.75) is 4.90 Å². The monoisotopic (exact) mass is 310 g/mol. The molecule has 0 saturated heterocycles. The normalized spacial score (nSPS) is 11.4. The molecule has 0 saturated carbocycles. The lowest BCUT2D eigenvalue weighted by atomic mass is 10.1. The molecule has 0 radical (unpaired) electrons. The summed E-state index contributed by atoms with van der Waals surface area (Å²) in [7, 11) is -3.21. The molecule has 0 aliphatic rings. The van der Waals surface area contributed by atoms with Crippen molar-refractivity contribution >= 4 is 25.8 Å². The molecule has 88 valence electrons. The number of rotatable bonds is 2. The van der Waals surface area contributed by atoms with Crippen molar-refractivity contribution in [1.29, 1.82) is 0 Å². The van der Waals surface area contributed by atoms with Gasteiger partial charge in [-0.3, -0.25) is 0 Å². The summed E-state index contributed by atoms with van der Waals surface area (Å²) in [6.45, 7) is 0. The van der Waals surface area contributed by atoms with Crippen LogP contribution in [0.15, 0.2) is 57.9 Å². The third-order valence-corrected chi connectivity index (χ3v) is 4.07. The van der Waals surface area contributed by atoms with Gasteiger partial charge in [0, 0.05) is 16.3 Å². The standard InChI is InChI=1S/C13H11BrO2S/c1-17(15,16)13-8-3-2-7-12(13)10-5-4-6-11(14)9-10/h2-9H,1H3. The molecule has 4 heteroatoms. The third-order valence-electron chi connectivity index (χ3n) is 2.42. The van der Waals surface area contributed by atoms with Crippen LogP contribution in [0.4, 0.5) is 0 Å². The first-order valence-corrected chi connectivity index (χ1v) is 7.72. The third kappa shape index (κ3) is 2.76. The summed E-state index contributed by atoms with van der Waals surface area (Å²) < 4.78 is 24.3. The molecule has 0 aliphatic carbocycles. The molecule has 0 heterocycles. The van der Waals surface area contributed by atoms with Gasteiger partial charge >= 0.3 is 0 Å². The van der Waals surface area contributed by atoms with E-state index in [4.69, 9.17) is 0 Å². The molecule has 0 aliphatic heterocycles. The Morgan fingerprint density at radius 1 is 1.00 bits per heavy atom. The molecular formula is C13H11BrO2S. The minimum absolute atomic E-state index is 0.359. The number of halogens is 1. The molecule has 2 aromatic rings. The van der Waals surface area contributed by atoms with Crippen LogP contribution in [0.3, 0.4) is 0 Å². The van der Waals surface area contributed by atoms with Gasteiger partial charge in [-0.15, -0.1) is 0 Å². The van der Waals surface area contributed by atoms with Gasteiger partial charge in [0.15, 0.2) is 9.84 Å². The van der Waals surface area contributed by atoms with E-state index in [1.807, 2.05) is 36.4 Å². The van der Waals surface area contributed by atoms with Gasteiger partial charge in [-0.2, -0.15) is 0 Å². The molecule has 2 nitrogen and oxygen atoms in total. The fraction of sp³-hybridized carbons (Fsp3) is 0.0769. The van der Waals surface area contributed by atoms with Crippen LogP contribution in [-0.4, -0.2) is 14.7 Å². The maximum absolute atomic E-state index is 11.7. The van der Waals surface area contributed by atoms with Gasteiger partial charge in [0.05, 0.1) is 4.90 Å². The first kappa shape index (κ1) is 12.3. The molecule has 0 atom stereocenters. The molecule has 0 aromatic heterocycles.